The summed E-state index contributed by atoms with van der Waals surface area (Å²) in [6.45, 7) is 1.03. The lowest BCUT2D eigenvalue weighted by atomic mass is 10.3. The maximum absolute atomic E-state index is 12.9. The van der Waals surface area contributed by atoms with E-state index in [1.54, 1.807) is 0 Å². The average molecular weight is 240 g/mol. The molecule has 0 unspecified atom stereocenters. The molecular weight excluding hydrogens is 226 g/mol. The van der Waals surface area contributed by atoms with Gasteiger partial charge in [-0.05, 0) is 37.4 Å². The molecule has 1 saturated carbocycles. The maximum atomic E-state index is 12.9. The standard InChI is InChI=1S/C12H14F2N2O/c13-10-4-3-9(5-11(10)14)16-12(17)7-15-6-8-1-2-8/h3-5,8,15H,1-2,6-7H2,(H,16,17). The summed E-state index contributed by atoms with van der Waals surface area (Å²) in [7, 11) is 0. The van der Waals surface area contributed by atoms with Gasteiger partial charge in [0, 0.05) is 11.8 Å². The fourth-order valence-corrected chi connectivity index (χ4v) is 1.49. The van der Waals surface area contributed by atoms with Crippen LogP contribution in [0.15, 0.2) is 18.2 Å². The van der Waals surface area contributed by atoms with Gasteiger partial charge < -0.3 is 10.6 Å². The van der Waals surface area contributed by atoms with E-state index in [0.717, 1.165) is 18.7 Å². The van der Waals surface area contributed by atoms with Crippen LogP contribution in [0.3, 0.4) is 0 Å². The highest BCUT2D eigenvalue weighted by atomic mass is 19.2. The van der Waals surface area contributed by atoms with Crippen molar-refractivity contribution in [2.75, 3.05) is 18.4 Å². The Labute approximate surface area is 98.2 Å². The van der Waals surface area contributed by atoms with Crippen LogP contribution in [0.4, 0.5) is 14.5 Å². The van der Waals surface area contributed by atoms with Crippen molar-refractivity contribution in [2.24, 2.45) is 5.92 Å². The second kappa shape index (κ2) is 5.23. The summed E-state index contributed by atoms with van der Waals surface area (Å²) in [6.07, 6.45) is 2.44. The fraction of sp³-hybridized carbons (Fsp3) is 0.417. The number of anilines is 1. The van der Waals surface area contributed by atoms with Gasteiger partial charge in [0.15, 0.2) is 11.6 Å². The van der Waals surface area contributed by atoms with E-state index in [0.29, 0.717) is 5.92 Å². The van der Waals surface area contributed by atoms with Crippen molar-refractivity contribution in [3.05, 3.63) is 29.8 Å². The van der Waals surface area contributed by atoms with E-state index in [4.69, 9.17) is 0 Å². The Hall–Kier alpha value is -1.49. The van der Waals surface area contributed by atoms with E-state index in [1.165, 1.54) is 18.9 Å². The molecule has 0 radical (unpaired) electrons. The molecule has 1 fully saturated rings. The van der Waals surface area contributed by atoms with E-state index < -0.39 is 11.6 Å². The van der Waals surface area contributed by atoms with Gasteiger partial charge in [-0.3, -0.25) is 4.79 Å². The Morgan fingerprint density at radius 3 is 2.71 bits per heavy atom. The van der Waals surface area contributed by atoms with E-state index >= 15 is 0 Å². The van der Waals surface area contributed by atoms with Gasteiger partial charge in [0.05, 0.1) is 6.54 Å². The van der Waals surface area contributed by atoms with Crippen LogP contribution in [0, 0.1) is 17.6 Å². The van der Waals surface area contributed by atoms with Crippen molar-refractivity contribution in [3.8, 4) is 0 Å². The molecule has 92 valence electrons. The van der Waals surface area contributed by atoms with Crippen LogP contribution in [0.25, 0.3) is 0 Å². The highest BCUT2D eigenvalue weighted by molar-refractivity contribution is 5.92. The fourth-order valence-electron chi connectivity index (χ4n) is 1.49. The van der Waals surface area contributed by atoms with Gasteiger partial charge >= 0.3 is 0 Å². The molecule has 0 saturated heterocycles. The number of carbonyl (C=O) groups is 1. The molecule has 17 heavy (non-hydrogen) atoms. The summed E-state index contributed by atoms with van der Waals surface area (Å²) in [4.78, 5) is 11.4. The van der Waals surface area contributed by atoms with Crippen molar-refractivity contribution in [1.29, 1.82) is 0 Å². The summed E-state index contributed by atoms with van der Waals surface area (Å²) < 4.78 is 25.5. The highest BCUT2D eigenvalue weighted by Crippen LogP contribution is 2.27. The minimum atomic E-state index is -0.964. The van der Waals surface area contributed by atoms with Crippen LogP contribution >= 0.6 is 0 Å². The van der Waals surface area contributed by atoms with Crippen LogP contribution in [-0.4, -0.2) is 19.0 Å². The predicted octanol–water partition coefficient (Wildman–Crippen LogP) is 1.90. The number of benzene rings is 1. The van der Waals surface area contributed by atoms with Crippen LogP contribution in [0.5, 0.6) is 0 Å². The zero-order valence-electron chi connectivity index (χ0n) is 9.30. The largest absolute Gasteiger partial charge is 0.325 e. The third-order valence-corrected chi connectivity index (χ3v) is 2.62. The van der Waals surface area contributed by atoms with Crippen molar-refractivity contribution in [3.63, 3.8) is 0 Å². The van der Waals surface area contributed by atoms with Gasteiger partial charge in [-0.1, -0.05) is 0 Å². The number of hydrogen-bond donors (Lipinski definition) is 2. The summed E-state index contributed by atoms with van der Waals surface area (Å²) >= 11 is 0. The number of halogens is 2. The normalized spacial score (nSPS) is 14.7. The van der Waals surface area contributed by atoms with Crippen LogP contribution < -0.4 is 10.6 Å². The number of hydrogen-bond acceptors (Lipinski definition) is 2. The Balaban J connectivity index is 1.77. The van der Waals surface area contributed by atoms with Crippen molar-refractivity contribution >= 4 is 11.6 Å². The second-order valence-corrected chi connectivity index (χ2v) is 4.25. The summed E-state index contributed by atoms with van der Waals surface area (Å²) in [5.41, 5.74) is 0.266. The molecule has 2 rings (SSSR count). The topological polar surface area (TPSA) is 41.1 Å². The zero-order chi connectivity index (χ0) is 12.3. The molecule has 1 amide bonds. The van der Waals surface area contributed by atoms with Crippen molar-refractivity contribution < 1.29 is 13.6 Å². The average Bonchev–Trinajstić information content (AvgIpc) is 3.07. The molecule has 1 aromatic carbocycles. The van der Waals surface area contributed by atoms with Gasteiger partial charge in [0.2, 0.25) is 5.91 Å². The van der Waals surface area contributed by atoms with Gasteiger partial charge in [-0.2, -0.15) is 0 Å². The molecule has 3 nitrogen and oxygen atoms in total. The lowest BCUT2D eigenvalue weighted by Crippen LogP contribution is -2.29. The quantitative estimate of drug-likeness (QED) is 0.825. The lowest BCUT2D eigenvalue weighted by molar-refractivity contribution is -0.115. The Kier molecular flexibility index (Phi) is 3.68. The minimum absolute atomic E-state index is 0.190. The zero-order valence-corrected chi connectivity index (χ0v) is 9.30. The molecule has 2 N–H and O–H groups in total. The third-order valence-electron chi connectivity index (χ3n) is 2.62. The Bertz CT molecular complexity index is 419. The van der Waals surface area contributed by atoms with Crippen molar-refractivity contribution in [1.82, 2.24) is 5.32 Å². The van der Waals surface area contributed by atoms with E-state index in [-0.39, 0.29) is 18.1 Å². The molecule has 0 heterocycles. The van der Waals surface area contributed by atoms with Gasteiger partial charge in [0.25, 0.3) is 0 Å². The monoisotopic (exact) mass is 240 g/mol. The smallest absolute Gasteiger partial charge is 0.238 e. The molecule has 0 spiro atoms. The Morgan fingerprint density at radius 1 is 1.29 bits per heavy atom. The summed E-state index contributed by atoms with van der Waals surface area (Å²) in [6, 6.07) is 3.29. The second-order valence-electron chi connectivity index (χ2n) is 4.25. The SMILES string of the molecule is O=C(CNCC1CC1)Nc1ccc(F)c(F)c1. The molecule has 0 bridgehead atoms. The van der Waals surface area contributed by atoms with Gasteiger partial charge in [-0.15, -0.1) is 0 Å². The van der Waals surface area contributed by atoms with Crippen LogP contribution in [-0.2, 0) is 4.79 Å². The van der Waals surface area contributed by atoms with Crippen molar-refractivity contribution in [2.45, 2.75) is 12.8 Å². The molecule has 1 aliphatic carbocycles. The first kappa shape index (κ1) is 12.0. The van der Waals surface area contributed by atoms with Crippen LogP contribution in [0.1, 0.15) is 12.8 Å². The minimum Gasteiger partial charge on any atom is -0.325 e. The molecule has 0 atom stereocenters. The molecule has 1 aromatic rings. The molecular formula is C12H14F2N2O. The van der Waals surface area contributed by atoms with E-state index in [9.17, 15) is 13.6 Å². The maximum Gasteiger partial charge on any atom is 0.238 e. The first-order chi connectivity index (χ1) is 8.15. The van der Waals surface area contributed by atoms with Gasteiger partial charge in [-0.25, -0.2) is 8.78 Å². The third kappa shape index (κ3) is 3.78. The molecule has 5 heteroatoms. The highest BCUT2D eigenvalue weighted by Gasteiger charge is 2.20. The number of amides is 1. The predicted molar refractivity (Wildman–Crippen MR) is 60.6 cm³/mol. The van der Waals surface area contributed by atoms with E-state index in [1.807, 2.05) is 0 Å². The summed E-state index contributed by atoms with van der Waals surface area (Å²) in [5.74, 6) is -1.44. The summed E-state index contributed by atoms with van der Waals surface area (Å²) in [5, 5.41) is 5.51. The molecule has 0 aliphatic heterocycles. The number of rotatable bonds is 5. The first-order valence-electron chi connectivity index (χ1n) is 5.61. The Morgan fingerprint density at radius 2 is 2.06 bits per heavy atom. The first-order valence-corrected chi connectivity index (χ1v) is 5.61. The molecule has 1 aliphatic rings. The van der Waals surface area contributed by atoms with E-state index in [2.05, 4.69) is 10.6 Å². The molecule has 0 aromatic heterocycles. The van der Waals surface area contributed by atoms with Crippen LogP contribution in [0.2, 0.25) is 0 Å². The number of nitrogens with one attached hydrogen (secondary N) is 2. The van der Waals surface area contributed by atoms with Gasteiger partial charge in [0.1, 0.15) is 0 Å². The lowest BCUT2D eigenvalue weighted by Gasteiger charge is -2.06. The number of carbonyl (C=O) groups excluding carboxylic acids is 1.